The molecule has 154 valence electrons. The number of nitrogens with zero attached hydrogens (tertiary/aromatic N) is 2. The average molecular weight is 407 g/mol. The Bertz CT molecular complexity index is 1070. The molecule has 1 unspecified atom stereocenters. The van der Waals surface area contributed by atoms with E-state index in [1.165, 1.54) is 18.4 Å². The number of benzene rings is 1. The number of nitrogens with one attached hydrogen (secondary N) is 1. The maximum absolute atomic E-state index is 12.7. The van der Waals surface area contributed by atoms with E-state index in [2.05, 4.69) is 5.32 Å². The van der Waals surface area contributed by atoms with Crippen LogP contribution in [0.25, 0.3) is 0 Å². The molecular weight excluding hydrogens is 386 g/mol. The average Bonchev–Trinajstić information content (AvgIpc) is 3.48. The number of amides is 3. The minimum Gasteiger partial charge on any atom is -0.468 e. The summed E-state index contributed by atoms with van der Waals surface area (Å²) < 4.78 is 10.7. The predicted octanol–water partition coefficient (Wildman–Crippen LogP) is 2.70. The lowest BCUT2D eigenvalue weighted by Gasteiger charge is -2.22. The van der Waals surface area contributed by atoms with E-state index >= 15 is 0 Å². The zero-order chi connectivity index (χ0) is 21.3. The third kappa shape index (κ3) is 3.65. The van der Waals surface area contributed by atoms with Gasteiger partial charge in [0.2, 0.25) is 0 Å². The Kier molecular flexibility index (Phi) is 5.24. The van der Waals surface area contributed by atoms with Crippen molar-refractivity contribution in [3.05, 3.63) is 83.2 Å². The molecule has 4 rings (SSSR count). The Morgan fingerprint density at radius 1 is 1.03 bits per heavy atom. The van der Waals surface area contributed by atoms with E-state index in [9.17, 15) is 14.4 Å². The zero-order valence-electron chi connectivity index (χ0n) is 16.6. The van der Waals surface area contributed by atoms with Crippen LogP contribution in [0.3, 0.4) is 0 Å². The van der Waals surface area contributed by atoms with Gasteiger partial charge < -0.3 is 14.2 Å². The van der Waals surface area contributed by atoms with Gasteiger partial charge in [-0.2, -0.15) is 0 Å². The molecule has 2 aromatic heterocycles. The molecule has 0 radical (unpaired) electrons. The van der Waals surface area contributed by atoms with Crippen molar-refractivity contribution in [2.75, 3.05) is 20.6 Å². The molecule has 30 heavy (non-hydrogen) atoms. The van der Waals surface area contributed by atoms with Crippen LogP contribution in [-0.2, 0) is 6.54 Å². The van der Waals surface area contributed by atoms with Crippen molar-refractivity contribution < 1.29 is 23.2 Å². The van der Waals surface area contributed by atoms with Gasteiger partial charge in [0.1, 0.15) is 11.5 Å². The maximum Gasteiger partial charge on any atom is 0.261 e. The van der Waals surface area contributed by atoms with Crippen LogP contribution in [0.1, 0.15) is 48.6 Å². The fourth-order valence-corrected chi connectivity index (χ4v) is 3.44. The highest BCUT2D eigenvalue weighted by Gasteiger charge is 2.36. The molecule has 1 aliphatic heterocycles. The van der Waals surface area contributed by atoms with Crippen molar-refractivity contribution in [3.63, 3.8) is 0 Å². The quantitative estimate of drug-likeness (QED) is 0.605. The molecule has 1 aliphatic rings. The fourth-order valence-electron chi connectivity index (χ4n) is 3.44. The van der Waals surface area contributed by atoms with Gasteiger partial charge in [-0.05, 0) is 56.6 Å². The lowest BCUT2D eigenvalue weighted by atomic mass is 10.1. The number of fused-ring (bicyclic) bond motifs is 1. The van der Waals surface area contributed by atoms with Gasteiger partial charge in [-0.3, -0.25) is 24.2 Å². The Hall–Kier alpha value is -3.65. The molecule has 0 saturated carbocycles. The molecule has 1 atom stereocenters. The topological polar surface area (TPSA) is 96.0 Å². The van der Waals surface area contributed by atoms with Crippen LogP contribution in [0.15, 0.2) is 63.8 Å². The molecule has 0 fully saturated rings. The summed E-state index contributed by atoms with van der Waals surface area (Å²) in [6, 6.07) is 11.4. The second-order valence-corrected chi connectivity index (χ2v) is 7.24. The number of likely N-dealkylation sites (N-methyl/N-ethyl adjacent to an activating group) is 1. The van der Waals surface area contributed by atoms with E-state index in [1.54, 1.807) is 30.5 Å². The van der Waals surface area contributed by atoms with Gasteiger partial charge in [0.25, 0.3) is 17.7 Å². The molecule has 1 aromatic carbocycles. The normalized spacial score (nSPS) is 14.3. The van der Waals surface area contributed by atoms with Crippen LogP contribution in [0.4, 0.5) is 0 Å². The molecule has 3 aromatic rings. The van der Waals surface area contributed by atoms with E-state index in [-0.39, 0.29) is 29.6 Å². The van der Waals surface area contributed by atoms with Gasteiger partial charge in [0.05, 0.1) is 36.2 Å². The Balaban J connectivity index is 1.48. The van der Waals surface area contributed by atoms with E-state index in [0.29, 0.717) is 17.9 Å². The molecular formula is C22H21N3O5. The van der Waals surface area contributed by atoms with Gasteiger partial charge in [0, 0.05) is 12.1 Å². The smallest absolute Gasteiger partial charge is 0.261 e. The molecule has 0 bridgehead atoms. The van der Waals surface area contributed by atoms with E-state index in [4.69, 9.17) is 8.83 Å². The lowest BCUT2D eigenvalue weighted by Crippen LogP contribution is -2.34. The highest BCUT2D eigenvalue weighted by molar-refractivity contribution is 6.22. The second-order valence-electron chi connectivity index (χ2n) is 7.24. The first-order chi connectivity index (χ1) is 14.5. The first-order valence-electron chi connectivity index (χ1n) is 9.46. The standard InChI is InChI=1S/C22H21N3O5/c1-24(2)18(19-6-4-10-30-19)12-23-20(26)14-7-8-16-17(11-14)22(28)25(21(16)27)13-15-5-3-9-29-15/h3-11,18H,12-13H2,1-2H3,(H,23,26). The van der Waals surface area contributed by atoms with Crippen molar-refractivity contribution in [3.8, 4) is 0 Å². The van der Waals surface area contributed by atoms with Gasteiger partial charge in [-0.25, -0.2) is 0 Å². The second kappa shape index (κ2) is 8.00. The molecule has 8 heteroatoms. The van der Waals surface area contributed by atoms with Crippen LogP contribution >= 0.6 is 0 Å². The van der Waals surface area contributed by atoms with Crippen molar-refractivity contribution in [2.24, 2.45) is 0 Å². The highest BCUT2D eigenvalue weighted by Crippen LogP contribution is 2.26. The van der Waals surface area contributed by atoms with Gasteiger partial charge in [0.15, 0.2) is 0 Å². The van der Waals surface area contributed by atoms with Crippen LogP contribution in [0, 0.1) is 0 Å². The van der Waals surface area contributed by atoms with Crippen molar-refractivity contribution in [2.45, 2.75) is 12.6 Å². The summed E-state index contributed by atoms with van der Waals surface area (Å²) in [6.07, 6.45) is 3.07. The number of carbonyl (C=O) groups excluding carboxylic acids is 3. The third-order valence-corrected chi connectivity index (χ3v) is 5.08. The number of imide groups is 1. The Labute approximate surface area is 173 Å². The van der Waals surface area contributed by atoms with E-state index < -0.39 is 11.8 Å². The number of furan rings is 2. The minimum atomic E-state index is -0.442. The summed E-state index contributed by atoms with van der Waals surface area (Å²) in [7, 11) is 3.79. The predicted molar refractivity (Wildman–Crippen MR) is 107 cm³/mol. The van der Waals surface area contributed by atoms with Crippen LogP contribution in [0.2, 0.25) is 0 Å². The largest absolute Gasteiger partial charge is 0.468 e. The van der Waals surface area contributed by atoms with Gasteiger partial charge >= 0.3 is 0 Å². The SMILES string of the molecule is CN(C)C(CNC(=O)c1ccc2c(c1)C(=O)N(Cc1ccco1)C2=O)c1ccco1. The third-order valence-electron chi connectivity index (χ3n) is 5.08. The molecule has 0 spiro atoms. The number of hydrogen-bond donors (Lipinski definition) is 1. The van der Waals surface area contributed by atoms with Crippen molar-refractivity contribution in [1.29, 1.82) is 0 Å². The van der Waals surface area contributed by atoms with Gasteiger partial charge in [-0.15, -0.1) is 0 Å². The fraction of sp³-hybridized carbons (Fsp3) is 0.227. The zero-order valence-corrected chi connectivity index (χ0v) is 16.6. The van der Waals surface area contributed by atoms with Crippen molar-refractivity contribution in [1.82, 2.24) is 15.1 Å². The van der Waals surface area contributed by atoms with Crippen LogP contribution < -0.4 is 5.32 Å². The summed E-state index contributed by atoms with van der Waals surface area (Å²) >= 11 is 0. The summed E-state index contributed by atoms with van der Waals surface area (Å²) in [6.45, 7) is 0.377. The maximum atomic E-state index is 12.7. The lowest BCUT2D eigenvalue weighted by molar-refractivity contribution is 0.0631. The molecule has 1 N–H and O–H groups in total. The monoisotopic (exact) mass is 407 g/mol. The molecule has 8 nitrogen and oxygen atoms in total. The molecule has 3 amide bonds. The highest BCUT2D eigenvalue weighted by atomic mass is 16.3. The molecule has 0 saturated heterocycles. The van der Waals surface area contributed by atoms with Crippen LogP contribution in [-0.4, -0.2) is 48.2 Å². The summed E-state index contributed by atoms with van der Waals surface area (Å²) in [5.41, 5.74) is 0.811. The number of hydrogen-bond acceptors (Lipinski definition) is 6. The van der Waals surface area contributed by atoms with Crippen molar-refractivity contribution >= 4 is 17.7 Å². The van der Waals surface area contributed by atoms with E-state index in [0.717, 1.165) is 10.7 Å². The van der Waals surface area contributed by atoms with Gasteiger partial charge in [-0.1, -0.05) is 0 Å². The number of rotatable bonds is 7. The minimum absolute atomic E-state index is 0.0501. The van der Waals surface area contributed by atoms with Crippen LogP contribution in [0.5, 0.6) is 0 Å². The first kappa shape index (κ1) is 19.7. The molecule has 0 aliphatic carbocycles. The Morgan fingerprint density at radius 3 is 2.43 bits per heavy atom. The Morgan fingerprint density at radius 2 is 1.77 bits per heavy atom. The number of carbonyl (C=O) groups is 3. The van der Waals surface area contributed by atoms with E-state index in [1.807, 2.05) is 25.1 Å². The molecule has 3 heterocycles. The first-order valence-corrected chi connectivity index (χ1v) is 9.46. The summed E-state index contributed by atoms with van der Waals surface area (Å²) in [5, 5.41) is 2.87. The summed E-state index contributed by atoms with van der Waals surface area (Å²) in [4.78, 5) is 41.1. The summed E-state index contributed by atoms with van der Waals surface area (Å²) in [5.74, 6) is 0.0753.